The molecule has 4 rings (SSSR count). The van der Waals surface area contributed by atoms with Crippen molar-refractivity contribution in [1.29, 1.82) is 0 Å². The zero-order chi connectivity index (χ0) is 19.3. The fourth-order valence-corrected chi connectivity index (χ4v) is 4.54. The van der Waals surface area contributed by atoms with Gasteiger partial charge in [-0.25, -0.2) is 0 Å². The zero-order valence-corrected chi connectivity index (χ0v) is 17.0. The fourth-order valence-electron chi connectivity index (χ4n) is 4.54. The van der Waals surface area contributed by atoms with Crippen LogP contribution in [0.2, 0.25) is 0 Å². The number of carbonyl (C=O) groups is 1. The number of amides is 1. The van der Waals surface area contributed by atoms with Crippen LogP contribution >= 0.6 is 0 Å². The van der Waals surface area contributed by atoms with Crippen LogP contribution < -0.4 is 5.32 Å². The largest absolute Gasteiger partial charge is 0.346 e. The van der Waals surface area contributed by atoms with Crippen LogP contribution in [0.4, 0.5) is 0 Å². The third-order valence-corrected chi connectivity index (χ3v) is 6.29. The van der Waals surface area contributed by atoms with Crippen LogP contribution in [-0.4, -0.2) is 23.9 Å². The van der Waals surface area contributed by atoms with E-state index in [2.05, 4.69) is 47.5 Å². The number of benzene rings is 2. The molecule has 2 aromatic carbocycles. The molecule has 0 bridgehead atoms. The maximum Gasteiger partial charge on any atom is 0.251 e. The van der Waals surface area contributed by atoms with Crippen molar-refractivity contribution in [2.75, 3.05) is 13.1 Å². The van der Waals surface area contributed by atoms with Crippen molar-refractivity contribution in [3.63, 3.8) is 0 Å². The summed E-state index contributed by atoms with van der Waals surface area (Å²) in [5, 5.41) is 3.16. The van der Waals surface area contributed by atoms with Crippen molar-refractivity contribution in [3.05, 3.63) is 70.3 Å². The zero-order valence-electron chi connectivity index (χ0n) is 17.0. The highest BCUT2D eigenvalue weighted by Gasteiger charge is 2.16. The van der Waals surface area contributed by atoms with Gasteiger partial charge in [0.15, 0.2) is 0 Å². The standard InChI is InChI=1S/C25H32N2O/c1-19(23-14-13-21-7-6-8-24(21)17-23)26-25(28)22-11-9-20(10-12-22)18-27-15-4-2-3-5-16-27/h9-14,17,19H,2-8,15-16,18H2,1H3,(H,26,28)/t19-/m0/s1. The molecule has 3 heteroatoms. The minimum atomic E-state index is 0.00863. The Morgan fingerprint density at radius 3 is 2.39 bits per heavy atom. The number of likely N-dealkylation sites (tertiary alicyclic amines) is 1. The van der Waals surface area contributed by atoms with E-state index in [0.717, 1.165) is 12.1 Å². The lowest BCUT2D eigenvalue weighted by Crippen LogP contribution is -2.27. The van der Waals surface area contributed by atoms with Crippen LogP contribution in [-0.2, 0) is 19.4 Å². The van der Waals surface area contributed by atoms with Gasteiger partial charge in [0.1, 0.15) is 0 Å². The van der Waals surface area contributed by atoms with Gasteiger partial charge >= 0.3 is 0 Å². The second kappa shape index (κ2) is 8.91. The van der Waals surface area contributed by atoms with Crippen LogP contribution in [0.1, 0.15) is 77.7 Å². The molecule has 1 aliphatic carbocycles. The molecule has 0 saturated carbocycles. The molecule has 2 aromatic rings. The molecule has 1 fully saturated rings. The van der Waals surface area contributed by atoms with E-state index >= 15 is 0 Å². The van der Waals surface area contributed by atoms with Gasteiger partial charge in [-0.1, -0.05) is 43.2 Å². The number of hydrogen-bond acceptors (Lipinski definition) is 2. The second-order valence-electron chi connectivity index (χ2n) is 8.46. The SMILES string of the molecule is C[C@H](NC(=O)c1ccc(CN2CCCCCC2)cc1)c1ccc2c(c1)CCC2. The summed E-state index contributed by atoms with van der Waals surface area (Å²) >= 11 is 0. The molecule has 1 saturated heterocycles. The summed E-state index contributed by atoms with van der Waals surface area (Å²) in [4.78, 5) is 15.2. The summed E-state index contributed by atoms with van der Waals surface area (Å²) in [5.41, 5.74) is 6.17. The minimum Gasteiger partial charge on any atom is -0.346 e. The normalized spacial score (nSPS) is 18.3. The van der Waals surface area contributed by atoms with Crippen LogP contribution in [0.5, 0.6) is 0 Å². The lowest BCUT2D eigenvalue weighted by molar-refractivity contribution is 0.0940. The summed E-state index contributed by atoms with van der Waals surface area (Å²) in [6.07, 6.45) is 8.95. The first-order chi connectivity index (χ1) is 13.7. The molecular weight excluding hydrogens is 344 g/mol. The van der Waals surface area contributed by atoms with Crippen LogP contribution in [0.3, 0.4) is 0 Å². The first kappa shape index (κ1) is 19.2. The van der Waals surface area contributed by atoms with Crippen molar-refractivity contribution < 1.29 is 4.79 Å². The van der Waals surface area contributed by atoms with Crippen molar-refractivity contribution in [2.24, 2.45) is 0 Å². The highest BCUT2D eigenvalue weighted by molar-refractivity contribution is 5.94. The Morgan fingerprint density at radius 1 is 0.929 bits per heavy atom. The molecular formula is C25H32N2O. The Hall–Kier alpha value is -2.13. The van der Waals surface area contributed by atoms with E-state index < -0.39 is 0 Å². The molecule has 28 heavy (non-hydrogen) atoms. The predicted molar refractivity (Wildman–Crippen MR) is 115 cm³/mol. The van der Waals surface area contributed by atoms with Gasteiger partial charge in [-0.2, -0.15) is 0 Å². The molecule has 148 valence electrons. The lowest BCUT2D eigenvalue weighted by atomic mass is 10.0. The van der Waals surface area contributed by atoms with E-state index in [0.29, 0.717) is 0 Å². The number of nitrogens with one attached hydrogen (secondary N) is 1. The third kappa shape index (κ3) is 4.64. The number of carbonyl (C=O) groups excluding carboxylic acids is 1. The molecule has 0 spiro atoms. The molecule has 0 radical (unpaired) electrons. The Kier molecular flexibility index (Phi) is 6.11. The summed E-state index contributed by atoms with van der Waals surface area (Å²) in [5.74, 6) is 0.00863. The van der Waals surface area contributed by atoms with Crippen molar-refractivity contribution in [3.8, 4) is 0 Å². The number of rotatable bonds is 5. The molecule has 1 aliphatic heterocycles. The number of nitrogens with zero attached hydrogens (tertiary/aromatic N) is 1. The average Bonchev–Trinajstić information content (AvgIpc) is 3.04. The molecule has 0 unspecified atom stereocenters. The lowest BCUT2D eigenvalue weighted by Gasteiger charge is -2.20. The van der Waals surface area contributed by atoms with Crippen LogP contribution in [0.15, 0.2) is 42.5 Å². The Bertz CT molecular complexity index is 804. The average molecular weight is 377 g/mol. The molecule has 3 nitrogen and oxygen atoms in total. The van der Waals surface area contributed by atoms with Gasteiger partial charge in [-0.05, 0) is 86.5 Å². The van der Waals surface area contributed by atoms with Crippen LogP contribution in [0.25, 0.3) is 0 Å². The molecule has 2 aliphatic rings. The van der Waals surface area contributed by atoms with E-state index in [1.807, 2.05) is 12.1 Å². The van der Waals surface area contributed by atoms with Gasteiger partial charge in [-0.15, -0.1) is 0 Å². The van der Waals surface area contributed by atoms with Gasteiger partial charge in [0.25, 0.3) is 5.91 Å². The maximum absolute atomic E-state index is 12.7. The molecule has 1 amide bonds. The smallest absolute Gasteiger partial charge is 0.251 e. The molecule has 0 aromatic heterocycles. The van der Waals surface area contributed by atoms with E-state index in [-0.39, 0.29) is 11.9 Å². The van der Waals surface area contributed by atoms with Crippen LogP contribution in [0, 0.1) is 0 Å². The van der Waals surface area contributed by atoms with Crippen molar-refractivity contribution in [1.82, 2.24) is 10.2 Å². The summed E-state index contributed by atoms with van der Waals surface area (Å²) in [7, 11) is 0. The van der Waals surface area contributed by atoms with Gasteiger partial charge in [0.2, 0.25) is 0 Å². The van der Waals surface area contributed by atoms with E-state index in [4.69, 9.17) is 0 Å². The van der Waals surface area contributed by atoms with Gasteiger partial charge < -0.3 is 5.32 Å². The molecule has 1 N–H and O–H groups in total. The summed E-state index contributed by atoms with van der Waals surface area (Å²) in [6, 6.07) is 14.9. The highest BCUT2D eigenvalue weighted by Crippen LogP contribution is 2.25. The van der Waals surface area contributed by atoms with Gasteiger partial charge in [0, 0.05) is 12.1 Å². The van der Waals surface area contributed by atoms with E-state index in [9.17, 15) is 4.79 Å². The monoisotopic (exact) mass is 376 g/mol. The first-order valence-electron chi connectivity index (χ1n) is 10.9. The summed E-state index contributed by atoms with van der Waals surface area (Å²) < 4.78 is 0. The second-order valence-corrected chi connectivity index (χ2v) is 8.46. The van der Waals surface area contributed by atoms with Crippen molar-refractivity contribution >= 4 is 5.91 Å². The predicted octanol–water partition coefficient (Wildman–Crippen LogP) is 5.04. The number of fused-ring (bicyclic) bond motifs is 1. The maximum atomic E-state index is 12.7. The van der Waals surface area contributed by atoms with E-state index in [1.165, 1.54) is 80.3 Å². The Balaban J connectivity index is 1.35. The third-order valence-electron chi connectivity index (χ3n) is 6.29. The molecule has 1 atom stereocenters. The van der Waals surface area contributed by atoms with Gasteiger partial charge in [-0.3, -0.25) is 9.69 Å². The highest BCUT2D eigenvalue weighted by atomic mass is 16.1. The quantitative estimate of drug-likeness (QED) is 0.793. The Labute approximate surface area is 169 Å². The van der Waals surface area contributed by atoms with Crippen molar-refractivity contribution in [2.45, 2.75) is 64.5 Å². The summed E-state index contributed by atoms with van der Waals surface area (Å²) in [6.45, 7) is 5.46. The molecule has 1 heterocycles. The number of aryl methyl sites for hydroxylation is 2. The fraction of sp³-hybridized carbons (Fsp3) is 0.480. The Morgan fingerprint density at radius 2 is 1.64 bits per heavy atom. The first-order valence-corrected chi connectivity index (χ1v) is 10.9. The van der Waals surface area contributed by atoms with Gasteiger partial charge in [0.05, 0.1) is 6.04 Å². The van der Waals surface area contributed by atoms with E-state index in [1.54, 1.807) is 0 Å². The minimum absolute atomic E-state index is 0.00863. The number of hydrogen-bond donors (Lipinski definition) is 1. The topological polar surface area (TPSA) is 32.3 Å².